The van der Waals surface area contributed by atoms with E-state index in [4.69, 9.17) is 11.6 Å². The van der Waals surface area contributed by atoms with Gasteiger partial charge in [-0.05, 0) is 6.42 Å². The van der Waals surface area contributed by atoms with Crippen LogP contribution in [0.15, 0.2) is 11.1 Å². The highest BCUT2D eigenvalue weighted by atomic mass is 35.5. The van der Waals surface area contributed by atoms with Gasteiger partial charge >= 0.3 is 0 Å². The molecule has 0 spiro atoms. The second-order valence-electron chi connectivity index (χ2n) is 3.10. The second-order valence-corrected chi connectivity index (χ2v) is 3.48. The predicted molar refractivity (Wildman–Crippen MR) is 61.7 cm³/mol. The molecule has 0 fully saturated rings. The van der Waals surface area contributed by atoms with E-state index in [2.05, 4.69) is 20.6 Å². The number of anilines is 1. The van der Waals surface area contributed by atoms with E-state index < -0.39 is 5.56 Å². The summed E-state index contributed by atoms with van der Waals surface area (Å²) < 4.78 is 0. The molecule has 1 amide bonds. The number of aromatic nitrogens is 2. The van der Waals surface area contributed by atoms with E-state index in [0.717, 1.165) is 6.42 Å². The van der Waals surface area contributed by atoms with Crippen LogP contribution < -0.4 is 16.2 Å². The highest BCUT2D eigenvalue weighted by Crippen LogP contribution is 2.10. The number of carbonyl (C=O) groups excluding carboxylic acids is 1. The zero-order valence-corrected chi connectivity index (χ0v) is 9.60. The number of hydrogen-bond donors (Lipinski definition) is 3. The molecule has 1 aromatic heterocycles. The molecule has 1 aromatic rings. The molecular formula is C9H13ClN4O2. The van der Waals surface area contributed by atoms with Crippen molar-refractivity contribution in [2.24, 2.45) is 0 Å². The number of carbonyl (C=O) groups is 1. The van der Waals surface area contributed by atoms with E-state index in [0.29, 0.717) is 6.54 Å². The number of H-pyrrole nitrogens is 1. The summed E-state index contributed by atoms with van der Waals surface area (Å²) in [5, 5.41) is 5.32. The van der Waals surface area contributed by atoms with Crippen molar-refractivity contribution >= 4 is 23.3 Å². The molecule has 0 aliphatic carbocycles. The number of aromatic amines is 1. The maximum absolute atomic E-state index is 11.2. The summed E-state index contributed by atoms with van der Waals surface area (Å²) in [5.41, 5.74) is -0.437. The van der Waals surface area contributed by atoms with Crippen LogP contribution in [-0.2, 0) is 4.79 Å². The van der Waals surface area contributed by atoms with Gasteiger partial charge in [0.05, 0.1) is 12.9 Å². The molecule has 0 saturated heterocycles. The van der Waals surface area contributed by atoms with Crippen LogP contribution in [0.1, 0.15) is 13.3 Å². The highest BCUT2D eigenvalue weighted by molar-refractivity contribution is 6.32. The minimum atomic E-state index is -0.437. The topological polar surface area (TPSA) is 86.9 Å². The van der Waals surface area contributed by atoms with Crippen LogP contribution in [0, 0.1) is 0 Å². The summed E-state index contributed by atoms with van der Waals surface area (Å²) in [6.45, 7) is 2.62. The fourth-order valence-electron chi connectivity index (χ4n) is 0.997. The fraction of sp³-hybridized carbons (Fsp3) is 0.444. The lowest BCUT2D eigenvalue weighted by atomic mass is 10.4. The summed E-state index contributed by atoms with van der Waals surface area (Å²) in [6.07, 6.45) is 2.09. The highest BCUT2D eigenvalue weighted by Gasteiger charge is 2.06. The predicted octanol–water partition coefficient (Wildman–Crippen LogP) is 0.361. The normalized spacial score (nSPS) is 9.88. The Morgan fingerprint density at radius 3 is 3.06 bits per heavy atom. The molecule has 88 valence electrons. The number of nitrogens with zero attached hydrogens (tertiary/aromatic N) is 1. The van der Waals surface area contributed by atoms with E-state index >= 15 is 0 Å². The van der Waals surface area contributed by atoms with Crippen LogP contribution in [0.3, 0.4) is 0 Å². The summed E-state index contributed by atoms with van der Waals surface area (Å²) in [6, 6.07) is 0. The van der Waals surface area contributed by atoms with Gasteiger partial charge in [-0.1, -0.05) is 18.5 Å². The van der Waals surface area contributed by atoms with Gasteiger partial charge in [-0.15, -0.1) is 0 Å². The molecule has 0 radical (unpaired) electrons. The zero-order valence-electron chi connectivity index (χ0n) is 8.84. The summed E-state index contributed by atoms with van der Waals surface area (Å²) in [5.74, 6) is 0.0389. The Morgan fingerprint density at radius 1 is 1.62 bits per heavy atom. The average Bonchev–Trinajstić information content (AvgIpc) is 2.28. The maximum Gasteiger partial charge on any atom is 0.271 e. The van der Waals surface area contributed by atoms with Gasteiger partial charge in [0.1, 0.15) is 5.02 Å². The first kappa shape index (κ1) is 12.5. The fourth-order valence-corrected chi connectivity index (χ4v) is 1.17. The first-order valence-electron chi connectivity index (χ1n) is 4.89. The summed E-state index contributed by atoms with van der Waals surface area (Å²) >= 11 is 5.68. The smallest absolute Gasteiger partial charge is 0.271 e. The van der Waals surface area contributed by atoms with Gasteiger partial charge < -0.3 is 15.6 Å². The molecule has 0 saturated carbocycles. The minimum Gasteiger partial charge on any atom is -0.360 e. The Balaban J connectivity index is 2.52. The molecular weight excluding hydrogens is 232 g/mol. The van der Waals surface area contributed by atoms with E-state index in [1.54, 1.807) is 0 Å². The minimum absolute atomic E-state index is 0.0379. The SMILES string of the molecule is CCCNC(=O)CNc1nc[nH]c(=O)c1Cl. The number of hydrogen-bond acceptors (Lipinski definition) is 4. The maximum atomic E-state index is 11.2. The Morgan fingerprint density at radius 2 is 2.38 bits per heavy atom. The number of halogens is 1. The van der Waals surface area contributed by atoms with Crippen LogP contribution in [-0.4, -0.2) is 29.0 Å². The van der Waals surface area contributed by atoms with Crippen molar-refractivity contribution in [1.29, 1.82) is 0 Å². The van der Waals surface area contributed by atoms with E-state index in [1.165, 1.54) is 6.33 Å². The molecule has 0 bridgehead atoms. The lowest BCUT2D eigenvalue weighted by Crippen LogP contribution is -2.30. The number of rotatable bonds is 5. The van der Waals surface area contributed by atoms with Gasteiger partial charge in [0.2, 0.25) is 5.91 Å². The standard InChI is InChI=1S/C9H13ClN4O2/c1-2-3-11-6(15)4-12-8-7(10)9(16)14-5-13-8/h5H,2-4H2,1H3,(H,11,15)(H2,12,13,14,16). The van der Waals surface area contributed by atoms with Crippen molar-refractivity contribution in [2.75, 3.05) is 18.4 Å². The van der Waals surface area contributed by atoms with Gasteiger partial charge in [0.25, 0.3) is 5.56 Å². The molecule has 6 nitrogen and oxygen atoms in total. The Hall–Kier alpha value is -1.56. The van der Waals surface area contributed by atoms with Crippen molar-refractivity contribution in [2.45, 2.75) is 13.3 Å². The Bertz CT molecular complexity index is 418. The number of amides is 1. The first-order chi connectivity index (χ1) is 7.65. The van der Waals surface area contributed by atoms with Crippen molar-refractivity contribution < 1.29 is 4.79 Å². The zero-order chi connectivity index (χ0) is 12.0. The molecule has 3 N–H and O–H groups in total. The van der Waals surface area contributed by atoms with Crippen LogP contribution in [0.4, 0.5) is 5.82 Å². The number of nitrogens with one attached hydrogen (secondary N) is 3. The molecule has 0 atom stereocenters. The molecule has 0 unspecified atom stereocenters. The van der Waals surface area contributed by atoms with Gasteiger partial charge in [-0.3, -0.25) is 9.59 Å². The largest absolute Gasteiger partial charge is 0.360 e. The molecule has 7 heteroatoms. The third-order valence-corrected chi connectivity index (χ3v) is 2.14. The molecule has 0 aromatic carbocycles. The van der Waals surface area contributed by atoms with E-state index in [1.807, 2.05) is 6.92 Å². The third kappa shape index (κ3) is 3.54. The van der Waals surface area contributed by atoms with Gasteiger partial charge in [0, 0.05) is 6.54 Å². The Kier molecular flexibility index (Phi) is 4.78. The average molecular weight is 245 g/mol. The molecule has 16 heavy (non-hydrogen) atoms. The quantitative estimate of drug-likeness (QED) is 0.698. The van der Waals surface area contributed by atoms with Gasteiger partial charge in [-0.25, -0.2) is 4.98 Å². The van der Waals surface area contributed by atoms with Crippen molar-refractivity contribution in [1.82, 2.24) is 15.3 Å². The van der Waals surface area contributed by atoms with Crippen molar-refractivity contribution in [3.05, 3.63) is 21.7 Å². The van der Waals surface area contributed by atoms with Crippen molar-refractivity contribution in [3.8, 4) is 0 Å². The second kappa shape index (κ2) is 6.12. The van der Waals surface area contributed by atoms with Crippen LogP contribution in [0.5, 0.6) is 0 Å². The molecule has 0 aliphatic rings. The molecule has 1 heterocycles. The lowest BCUT2D eigenvalue weighted by molar-refractivity contribution is -0.119. The van der Waals surface area contributed by atoms with Crippen molar-refractivity contribution in [3.63, 3.8) is 0 Å². The Labute approximate surface area is 97.4 Å². The van der Waals surface area contributed by atoms with Gasteiger partial charge in [0.15, 0.2) is 5.82 Å². The van der Waals surface area contributed by atoms with Crippen LogP contribution >= 0.6 is 11.6 Å². The third-order valence-electron chi connectivity index (χ3n) is 1.79. The van der Waals surface area contributed by atoms with Gasteiger partial charge in [-0.2, -0.15) is 0 Å². The molecule has 0 aliphatic heterocycles. The monoisotopic (exact) mass is 244 g/mol. The lowest BCUT2D eigenvalue weighted by Gasteiger charge is -2.06. The summed E-state index contributed by atoms with van der Waals surface area (Å²) in [7, 11) is 0. The first-order valence-corrected chi connectivity index (χ1v) is 5.26. The summed E-state index contributed by atoms with van der Waals surface area (Å²) in [4.78, 5) is 28.5. The van der Waals surface area contributed by atoms with Crippen LogP contribution in [0.2, 0.25) is 5.02 Å². The van der Waals surface area contributed by atoms with E-state index in [-0.39, 0.29) is 23.3 Å². The van der Waals surface area contributed by atoms with E-state index in [9.17, 15) is 9.59 Å². The van der Waals surface area contributed by atoms with Crippen LogP contribution in [0.25, 0.3) is 0 Å². The molecule has 1 rings (SSSR count).